The fourth-order valence-corrected chi connectivity index (χ4v) is 3.87. The summed E-state index contributed by atoms with van der Waals surface area (Å²) < 4.78 is 5.55. The summed E-state index contributed by atoms with van der Waals surface area (Å²) in [5.41, 5.74) is 0.435. The number of likely N-dealkylation sites (N-methyl/N-ethyl adjacent to an activating group) is 1. The van der Waals surface area contributed by atoms with Gasteiger partial charge in [-0.3, -0.25) is 4.79 Å². The van der Waals surface area contributed by atoms with Gasteiger partial charge in [-0.25, -0.2) is 4.79 Å². The van der Waals surface area contributed by atoms with Crippen molar-refractivity contribution in [2.75, 3.05) is 12.4 Å². The van der Waals surface area contributed by atoms with E-state index in [9.17, 15) is 9.59 Å². The molecule has 34 heavy (non-hydrogen) atoms. The van der Waals surface area contributed by atoms with E-state index >= 15 is 0 Å². The molecule has 2 amide bonds. The molecule has 0 radical (unpaired) electrons. The van der Waals surface area contributed by atoms with E-state index in [1.807, 2.05) is 65.8 Å². The number of anilines is 1. The van der Waals surface area contributed by atoms with Crippen LogP contribution in [-0.4, -0.2) is 56.0 Å². The minimum absolute atomic E-state index is 0.0460. The number of amides is 2. The maximum absolute atomic E-state index is 12.6. The van der Waals surface area contributed by atoms with Gasteiger partial charge in [0, 0.05) is 35.7 Å². The predicted octanol–water partition coefficient (Wildman–Crippen LogP) is 4.81. The molecule has 1 aromatic carbocycles. The van der Waals surface area contributed by atoms with Crippen LogP contribution in [0.15, 0.2) is 24.3 Å². The van der Waals surface area contributed by atoms with Gasteiger partial charge in [0.05, 0.1) is 0 Å². The van der Waals surface area contributed by atoms with Crippen molar-refractivity contribution < 1.29 is 14.3 Å². The van der Waals surface area contributed by atoms with Gasteiger partial charge in [-0.15, -0.1) is 20.4 Å². The van der Waals surface area contributed by atoms with E-state index < -0.39 is 11.0 Å². The van der Waals surface area contributed by atoms with Crippen LogP contribution in [0.1, 0.15) is 79.0 Å². The molecule has 1 saturated carbocycles. The molecule has 9 nitrogen and oxygen atoms in total. The molecule has 184 valence electrons. The lowest BCUT2D eigenvalue weighted by Gasteiger charge is -2.37. The van der Waals surface area contributed by atoms with Gasteiger partial charge in [0.2, 0.25) is 11.7 Å². The molecule has 1 aliphatic carbocycles. The number of benzene rings is 1. The van der Waals surface area contributed by atoms with Crippen molar-refractivity contribution in [3.8, 4) is 11.4 Å². The molecule has 2 aromatic rings. The third kappa shape index (κ3) is 6.48. The maximum Gasteiger partial charge on any atom is 0.410 e. The second-order valence-electron chi connectivity index (χ2n) is 10.9. The van der Waals surface area contributed by atoms with Crippen LogP contribution in [0.4, 0.5) is 10.5 Å². The number of carbonyl (C=O) groups is 2. The molecule has 1 heterocycles. The number of carbonyl (C=O) groups excluding carboxylic acids is 2. The molecule has 9 heteroatoms. The Morgan fingerprint density at radius 3 is 2.09 bits per heavy atom. The molecule has 0 aliphatic heterocycles. The minimum atomic E-state index is -0.554. The first-order valence-electron chi connectivity index (χ1n) is 11.8. The molecular weight excluding hydrogens is 432 g/mol. The van der Waals surface area contributed by atoms with Gasteiger partial charge >= 0.3 is 6.09 Å². The Bertz CT molecular complexity index is 993. The summed E-state index contributed by atoms with van der Waals surface area (Å²) in [6, 6.07) is 7.21. The summed E-state index contributed by atoms with van der Waals surface area (Å²) in [4.78, 5) is 26.5. The van der Waals surface area contributed by atoms with E-state index in [1.165, 1.54) is 0 Å². The van der Waals surface area contributed by atoms with Gasteiger partial charge in [0.15, 0.2) is 5.82 Å². The lowest BCUT2D eigenvalue weighted by atomic mass is 9.83. The average Bonchev–Trinajstić information content (AvgIpc) is 2.77. The molecule has 1 aliphatic rings. The van der Waals surface area contributed by atoms with Crippen LogP contribution in [0.2, 0.25) is 0 Å². The summed E-state index contributed by atoms with van der Waals surface area (Å²) >= 11 is 0. The van der Waals surface area contributed by atoms with Crippen LogP contribution in [-0.2, 0) is 9.53 Å². The molecule has 0 saturated heterocycles. The number of nitrogens with zero attached hydrogens (tertiary/aromatic N) is 5. The number of nitrogens with one attached hydrogen (secondary N) is 1. The van der Waals surface area contributed by atoms with Crippen LogP contribution < -0.4 is 5.32 Å². The lowest BCUT2D eigenvalue weighted by Crippen LogP contribution is -2.45. The lowest BCUT2D eigenvalue weighted by molar-refractivity contribution is -0.123. The van der Waals surface area contributed by atoms with Crippen molar-refractivity contribution in [3.63, 3.8) is 0 Å². The summed E-state index contributed by atoms with van der Waals surface area (Å²) in [6.45, 7) is 11.2. The smallest absolute Gasteiger partial charge is 0.410 e. The average molecular weight is 469 g/mol. The zero-order chi connectivity index (χ0) is 25.1. The van der Waals surface area contributed by atoms with Crippen molar-refractivity contribution in [2.24, 2.45) is 5.41 Å². The van der Waals surface area contributed by atoms with Gasteiger partial charge in [0.25, 0.3) is 0 Å². The van der Waals surface area contributed by atoms with Crippen LogP contribution in [0.3, 0.4) is 0 Å². The first kappa shape index (κ1) is 25.5. The Kier molecular flexibility index (Phi) is 7.53. The van der Waals surface area contributed by atoms with E-state index in [-0.39, 0.29) is 24.0 Å². The Balaban J connectivity index is 1.72. The highest BCUT2D eigenvalue weighted by Crippen LogP contribution is 2.34. The van der Waals surface area contributed by atoms with Crippen LogP contribution in [0.5, 0.6) is 0 Å². The topological polar surface area (TPSA) is 110 Å². The molecule has 2 atom stereocenters. The summed E-state index contributed by atoms with van der Waals surface area (Å²) in [7, 11) is 1.77. The summed E-state index contributed by atoms with van der Waals surface area (Å²) in [5, 5.41) is 20.3. The minimum Gasteiger partial charge on any atom is -0.444 e. The number of ether oxygens (including phenoxy) is 1. The second kappa shape index (κ2) is 10.0. The fourth-order valence-electron chi connectivity index (χ4n) is 3.87. The van der Waals surface area contributed by atoms with E-state index in [1.54, 1.807) is 11.9 Å². The highest BCUT2D eigenvalue weighted by Gasteiger charge is 2.36. The van der Waals surface area contributed by atoms with Crippen molar-refractivity contribution in [2.45, 2.75) is 84.8 Å². The Morgan fingerprint density at radius 1 is 0.941 bits per heavy atom. The van der Waals surface area contributed by atoms with E-state index in [2.05, 4.69) is 25.7 Å². The molecule has 1 aromatic heterocycles. The van der Waals surface area contributed by atoms with Crippen molar-refractivity contribution in [1.29, 1.82) is 0 Å². The van der Waals surface area contributed by atoms with Gasteiger partial charge in [0.1, 0.15) is 5.60 Å². The van der Waals surface area contributed by atoms with E-state index in [4.69, 9.17) is 4.74 Å². The van der Waals surface area contributed by atoms with Crippen LogP contribution in [0.25, 0.3) is 11.4 Å². The Morgan fingerprint density at radius 2 is 1.53 bits per heavy atom. The molecule has 3 rings (SSSR count). The van der Waals surface area contributed by atoms with E-state index in [0.29, 0.717) is 17.3 Å². The Hall–Kier alpha value is -3.10. The quantitative estimate of drug-likeness (QED) is 0.685. The van der Waals surface area contributed by atoms with Crippen molar-refractivity contribution in [1.82, 2.24) is 25.3 Å². The monoisotopic (exact) mass is 468 g/mol. The summed E-state index contributed by atoms with van der Waals surface area (Å²) in [6.07, 6.45) is 3.44. The highest BCUT2D eigenvalue weighted by atomic mass is 16.6. The first-order valence-corrected chi connectivity index (χ1v) is 11.8. The number of rotatable bonds is 4. The molecule has 1 fully saturated rings. The largest absolute Gasteiger partial charge is 0.444 e. The second-order valence-corrected chi connectivity index (χ2v) is 10.9. The van der Waals surface area contributed by atoms with Gasteiger partial charge in [-0.1, -0.05) is 33.6 Å². The normalized spacial score (nSPS) is 18.8. The molecule has 2 unspecified atom stereocenters. The van der Waals surface area contributed by atoms with E-state index in [0.717, 1.165) is 31.2 Å². The van der Waals surface area contributed by atoms with Crippen LogP contribution in [0, 0.1) is 5.41 Å². The zero-order valence-electron chi connectivity index (χ0n) is 21.3. The third-order valence-corrected chi connectivity index (χ3v) is 5.82. The third-order valence-electron chi connectivity index (χ3n) is 5.82. The number of hydrogen-bond acceptors (Lipinski definition) is 7. The van der Waals surface area contributed by atoms with Crippen LogP contribution >= 0.6 is 0 Å². The molecule has 1 N–H and O–H groups in total. The number of hydrogen-bond donors (Lipinski definition) is 1. The summed E-state index contributed by atoms with van der Waals surface area (Å²) in [5.74, 6) is 0.848. The Labute approximate surface area is 201 Å². The van der Waals surface area contributed by atoms with Gasteiger partial charge in [-0.05, 0) is 57.9 Å². The molecular formula is C25H36N6O3. The van der Waals surface area contributed by atoms with Crippen molar-refractivity contribution in [3.05, 3.63) is 30.1 Å². The SMILES string of the molecule is CN(C(=O)OC(C)(C)C)C1CCCCC1c1nnc(-c2ccc(NC(=O)C(C)(C)C)cc2)nn1. The highest BCUT2D eigenvalue weighted by molar-refractivity contribution is 5.94. The molecule has 0 spiro atoms. The fraction of sp³-hybridized carbons (Fsp3) is 0.600. The standard InChI is InChI=1S/C25H36N6O3/c1-24(2,3)22(32)26-17-14-12-16(13-15-17)20-27-29-21(30-28-20)18-10-8-9-11-19(18)31(7)23(33)34-25(4,5)6/h12-15,18-19H,8-11H2,1-7H3,(H,26,32). The maximum atomic E-state index is 12.6. The van der Waals surface area contributed by atoms with Gasteiger partial charge in [-0.2, -0.15) is 0 Å². The zero-order valence-corrected chi connectivity index (χ0v) is 21.3. The first-order chi connectivity index (χ1) is 15.8. The number of aromatic nitrogens is 4. The van der Waals surface area contributed by atoms with Crippen molar-refractivity contribution >= 4 is 17.7 Å². The molecule has 0 bridgehead atoms. The van der Waals surface area contributed by atoms with Gasteiger partial charge < -0.3 is 15.0 Å². The predicted molar refractivity (Wildman–Crippen MR) is 130 cm³/mol.